The average molecular weight is 227 g/mol. The lowest BCUT2D eigenvalue weighted by Gasteiger charge is -1.98. The molecule has 2 aromatic carbocycles. The van der Waals surface area contributed by atoms with Crippen LogP contribution in [0.2, 0.25) is 0 Å². The largest absolute Gasteiger partial charge is 0.465 e. The molecule has 0 aliphatic heterocycles. The summed E-state index contributed by atoms with van der Waals surface area (Å²) in [6.07, 6.45) is -0.230. The topological polar surface area (TPSA) is 63.3 Å². The van der Waals surface area contributed by atoms with E-state index in [1.165, 1.54) is 22.3 Å². The highest BCUT2D eigenvalue weighted by Crippen LogP contribution is 2.35. The van der Waals surface area contributed by atoms with Gasteiger partial charge in [-0.3, -0.25) is 0 Å². The van der Waals surface area contributed by atoms with E-state index in [0.717, 1.165) is 6.42 Å². The molecule has 17 heavy (non-hydrogen) atoms. The van der Waals surface area contributed by atoms with Crippen molar-refractivity contribution in [3.05, 3.63) is 59.7 Å². The number of carbonyl (C=O) groups is 1. The lowest BCUT2D eigenvalue weighted by atomic mass is 10.1. The van der Waals surface area contributed by atoms with E-state index in [1.54, 1.807) is 0 Å². The van der Waals surface area contributed by atoms with Crippen molar-refractivity contribution in [3.8, 4) is 11.1 Å². The Labute approximate surface area is 99.5 Å². The van der Waals surface area contributed by atoms with Crippen LogP contribution < -0.4 is 5.73 Å². The minimum atomic E-state index is -1.33. The highest BCUT2D eigenvalue weighted by Gasteiger charge is 2.15. The molecule has 0 bridgehead atoms. The predicted molar refractivity (Wildman–Crippen MR) is 66.9 cm³/mol. The molecule has 0 heterocycles. The summed E-state index contributed by atoms with van der Waals surface area (Å²) < 4.78 is 0. The van der Waals surface area contributed by atoms with Gasteiger partial charge in [-0.25, -0.2) is 4.79 Å². The van der Waals surface area contributed by atoms with E-state index >= 15 is 0 Å². The molecule has 0 unspecified atom stereocenters. The Morgan fingerprint density at radius 3 is 1.71 bits per heavy atom. The van der Waals surface area contributed by atoms with Gasteiger partial charge in [0.05, 0.1) is 0 Å². The first kappa shape index (κ1) is 11.2. The van der Waals surface area contributed by atoms with Crippen molar-refractivity contribution < 1.29 is 9.90 Å². The molecule has 0 fully saturated rings. The van der Waals surface area contributed by atoms with Gasteiger partial charge in [-0.05, 0) is 28.7 Å². The lowest BCUT2D eigenvalue weighted by Crippen LogP contribution is -2.03. The van der Waals surface area contributed by atoms with E-state index in [-0.39, 0.29) is 0 Å². The summed E-state index contributed by atoms with van der Waals surface area (Å²) in [6.45, 7) is 0. The summed E-state index contributed by atoms with van der Waals surface area (Å²) in [4.78, 5) is 8.78. The van der Waals surface area contributed by atoms with Crippen LogP contribution in [0, 0.1) is 0 Å². The lowest BCUT2D eigenvalue weighted by molar-refractivity contribution is 0.205. The minimum Gasteiger partial charge on any atom is -0.465 e. The smallest absolute Gasteiger partial charge is 0.402 e. The SMILES string of the molecule is NC(=O)O.c1ccc2c(c1)Cc1ccccc1-2. The van der Waals surface area contributed by atoms with Gasteiger partial charge in [0.15, 0.2) is 0 Å². The zero-order valence-corrected chi connectivity index (χ0v) is 9.26. The summed E-state index contributed by atoms with van der Waals surface area (Å²) >= 11 is 0. The first-order valence-electron chi connectivity index (χ1n) is 5.33. The average Bonchev–Trinajstić information content (AvgIpc) is 2.66. The van der Waals surface area contributed by atoms with Crippen molar-refractivity contribution in [1.82, 2.24) is 0 Å². The zero-order valence-electron chi connectivity index (χ0n) is 9.26. The first-order valence-corrected chi connectivity index (χ1v) is 5.33. The molecule has 3 nitrogen and oxygen atoms in total. The highest BCUT2D eigenvalue weighted by molar-refractivity contribution is 5.76. The third-order valence-electron chi connectivity index (χ3n) is 2.71. The van der Waals surface area contributed by atoms with Gasteiger partial charge in [0.25, 0.3) is 0 Å². The minimum absolute atomic E-state index is 1.10. The Balaban J connectivity index is 0.000000239. The fraction of sp³-hybridized carbons (Fsp3) is 0.0714. The fourth-order valence-electron chi connectivity index (χ4n) is 2.08. The van der Waals surface area contributed by atoms with Crippen molar-refractivity contribution in [2.45, 2.75) is 6.42 Å². The number of hydrogen-bond acceptors (Lipinski definition) is 1. The van der Waals surface area contributed by atoms with Crippen LogP contribution in [0.5, 0.6) is 0 Å². The maximum absolute atomic E-state index is 8.78. The van der Waals surface area contributed by atoms with Gasteiger partial charge in [-0.15, -0.1) is 0 Å². The fourth-order valence-corrected chi connectivity index (χ4v) is 2.08. The van der Waals surface area contributed by atoms with Crippen molar-refractivity contribution in [3.63, 3.8) is 0 Å². The Kier molecular flexibility index (Phi) is 3.10. The molecule has 0 aromatic heterocycles. The molecule has 0 saturated heterocycles. The normalized spacial score (nSPS) is 10.8. The summed E-state index contributed by atoms with van der Waals surface area (Å²) in [5.74, 6) is 0. The standard InChI is InChI=1S/C13H10.CH3NO2/c1-3-7-12-10(5-1)9-11-6-2-4-8-13(11)12;2-1(3)4/h1-8H,9H2;2H2,(H,3,4). The summed E-state index contributed by atoms with van der Waals surface area (Å²) in [7, 11) is 0. The van der Waals surface area contributed by atoms with E-state index in [4.69, 9.17) is 9.90 Å². The van der Waals surface area contributed by atoms with E-state index in [2.05, 4.69) is 54.3 Å². The number of carboxylic acid groups (broad SMARTS) is 1. The number of nitrogens with two attached hydrogens (primary N) is 1. The van der Waals surface area contributed by atoms with Crippen LogP contribution in [0.25, 0.3) is 11.1 Å². The Morgan fingerprint density at radius 2 is 1.29 bits per heavy atom. The van der Waals surface area contributed by atoms with Crippen molar-refractivity contribution in [2.75, 3.05) is 0 Å². The van der Waals surface area contributed by atoms with Gasteiger partial charge in [-0.1, -0.05) is 48.5 Å². The van der Waals surface area contributed by atoms with Crippen molar-refractivity contribution in [1.29, 1.82) is 0 Å². The number of rotatable bonds is 0. The molecule has 1 amide bonds. The monoisotopic (exact) mass is 227 g/mol. The molecule has 0 spiro atoms. The number of fused-ring (bicyclic) bond motifs is 3. The number of hydrogen-bond donors (Lipinski definition) is 2. The molecular formula is C14H13NO2. The maximum atomic E-state index is 8.78. The molecule has 0 saturated carbocycles. The third-order valence-corrected chi connectivity index (χ3v) is 2.71. The number of benzene rings is 2. The van der Waals surface area contributed by atoms with Gasteiger partial charge >= 0.3 is 6.09 Å². The van der Waals surface area contributed by atoms with Gasteiger partial charge < -0.3 is 10.8 Å². The maximum Gasteiger partial charge on any atom is 0.402 e. The molecule has 3 rings (SSSR count). The summed E-state index contributed by atoms with van der Waals surface area (Å²) in [5, 5.41) is 7.19. The van der Waals surface area contributed by atoms with E-state index in [1.807, 2.05) is 0 Å². The Bertz CT molecular complexity index is 502. The first-order chi connectivity index (χ1) is 8.18. The Morgan fingerprint density at radius 1 is 0.941 bits per heavy atom. The van der Waals surface area contributed by atoms with Crippen LogP contribution in [-0.4, -0.2) is 11.2 Å². The van der Waals surface area contributed by atoms with Crippen LogP contribution in [0.3, 0.4) is 0 Å². The molecule has 86 valence electrons. The zero-order chi connectivity index (χ0) is 12.3. The second kappa shape index (κ2) is 4.70. The third kappa shape index (κ3) is 2.45. The molecule has 3 heteroatoms. The molecule has 1 aliphatic carbocycles. The van der Waals surface area contributed by atoms with Crippen LogP contribution in [0.15, 0.2) is 48.5 Å². The quantitative estimate of drug-likeness (QED) is 0.620. The Hall–Kier alpha value is -2.29. The van der Waals surface area contributed by atoms with Crippen molar-refractivity contribution in [2.24, 2.45) is 5.73 Å². The summed E-state index contributed by atoms with van der Waals surface area (Å²) in [6, 6.07) is 17.3. The van der Waals surface area contributed by atoms with E-state index in [9.17, 15) is 0 Å². The molecule has 0 radical (unpaired) electrons. The second-order valence-corrected chi connectivity index (χ2v) is 3.83. The van der Waals surface area contributed by atoms with Gasteiger partial charge in [0, 0.05) is 0 Å². The molecular weight excluding hydrogens is 214 g/mol. The van der Waals surface area contributed by atoms with Gasteiger partial charge in [0.1, 0.15) is 0 Å². The molecule has 2 aromatic rings. The van der Waals surface area contributed by atoms with Gasteiger partial charge in [0.2, 0.25) is 0 Å². The van der Waals surface area contributed by atoms with Crippen LogP contribution in [0.4, 0.5) is 4.79 Å². The van der Waals surface area contributed by atoms with Crippen LogP contribution in [0.1, 0.15) is 11.1 Å². The molecule has 1 aliphatic rings. The van der Waals surface area contributed by atoms with Crippen LogP contribution >= 0.6 is 0 Å². The van der Waals surface area contributed by atoms with E-state index < -0.39 is 6.09 Å². The predicted octanol–water partition coefficient (Wildman–Crippen LogP) is 2.88. The summed E-state index contributed by atoms with van der Waals surface area (Å²) in [5.41, 5.74) is 9.78. The molecule has 0 atom stereocenters. The van der Waals surface area contributed by atoms with Crippen LogP contribution in [-0.2, 0) is 6.42 Å². The van der Waals surface area contributed by atoms with Crippen molar-refractivity contribution >= 4 is 6.09 Å². The highest BCUT2D eigenvalue weighted by atomic mass is 16.4. The second-order valence-electron chi connectivity index (χ2n) is 3.83. The van der Waals surface area contributed by atoms with Gasteiger partial charge in [-0.2, -0.15) is 0 Å². The number of primary amides is 1. The van der Waals surface area contributed by atoms with E-state index in [0.29, 0.717) is 0 Å². The molecule has 3 N–H and O–H groups in total. The number of amides is 1.